The van der Waals surface area contributed by atoms with Gasteiger partial charge in [0.25, 0.3) is 0 Å². The highest BCUT2D eigenvalue weighted by Crippen LogP contribution is 2.41. The summed E-state index contributed by atoms with van der Waals surface area (Å²) in [7, 11) is 0. The summed E-state index contributed by atoms with van der Waals surface area (Å²) in [4.78, 5) is 12.4. The number of hydrogen-bond acceptors (Lipinski definition) is 3. The Morgan fingerprint density at radius 2 is 2.00 bits per heavy atom. The molecule has 3 aromatic rings. The molecule has 1 N–H and O–H groups in total. The first-order chi connectivity index (χ1) is 13.2. The number of hydrogen-bond donors (Lipinski definition) is 1. The van der Waals surface area contributed by atoms with E-state index in [1.807, 2.05) is 24.3 Å². The Balaban J connectivity index is 1.78. The van der Waals surface area contributed by atoms with Gasteiger partial charge in [-0.1, -0.05) is 30.9 Å². The van der Waals surface area contributed by atoms with E-state index in [1.54, 1.807) is 29.1 Å². The van der Waals surface area contributed by atoms with Gasteiger partial charge < -0.3 is 10.1 Å². The van der Waals surface area contributed by atoms with Crippen molar-refractivity contribution in [2.75, 3.05) is 11.9 Å². The van der Waals surface area contributed by atoms with Crippen molar-refractivity contribution in [3.05, 3.63) is 84.3 Å². The molecule has 0 spiro atoms. The second-order valence-electron chi connectivity index (χ2n) is 6.28. The van der Waals surface area contributed by atoms with Crippen molar-refractivity contribution in [3.8, 4) is 11.4 Å². The number of carbonyl (C=O) groups is 1. The minimum absolute atomic E-state index is 0.102. The van der Waals surface area contributed by atoms with Crippen molar-refractivity contribution in [2.24, 2.45) is 0 Å². The second kappa shape index (κ2) is 7.07. The van der Waals surface area contributed by atoms with Gasteiger partial charge in [0.05, 0.1) is 11.9 Å². The standard InChI is InChI=1S/C21H18FN3O2/c1-2-11-27-19-6-4-3-5-16(19)17-12-20(26)24-21-18(17)13-23-25(21)15-9-7-14(22)8-10-15/h2-10,13,17H,1,11-12H2,(H,24,26). The SMILES string of the molecule is C=CCOc1ccccc1C1CC(=O)Nc2c1cnn2-c1ccc(F)cc1. The van der Waals surface area contributed by atoms with E-state index in [-0.39, 0.29) is 17.6 Å². The fraction of sp³-hybridized carbons (Fsp3) is 0.143. The fourth-order valence-corrected chi connectivity index (χ4v) is 3.32. The molecule has 1 aliphatic heterocycles. The zero-order chi connectivity index (χ0) is 18.8. The van der Waals surface area contributed by atoms with E-state index >= 15 is 0 Å². The zero-order valence-electron chi connectivity index (χ0n) is 14.6. The quantitative estimate of drug-likeness (QED) is 0.696. The van der Waals surface area contributed by atoms with Crippen LogP contribution in [0.2, 0.25) is 0 Å². The van der Waals surface area contributed by atoms with Crippen molar-refractivity contribution >= 4 is 11.7 Å². The van der Waals surface area contributed by atoms with Crippen LogP contribution in [-0.4, -0.2) is 22.3 Å². The van der Waals surface area contributed by atoms with Crippen LogP contribution < -0.4 is 10.1 Å². The Kier molecular flexibility index (Phi) is 4.46. The van der Waals surface area contributed by atoms with Gasteiger partial charge in [-0.3, -0.25) is 4.79 Å². The number of benzene rings is 2. The molecular weight excluding hydrogens is 345 g/mol. The van der Waals surface area contributed by atoms with Gasteiger partial charge in [0.2, 0.25) is 5.91 Å². The molecular formula is C21H18FN3O2. The van der Waals surface area contributed by atoms with Crippen LogP contribution in [-0.2, 0) is 4.79 Å². The van der Waals surface area contributed by atoms with Gasteiger partial charge in [0, 0.05) is 23.5 Å². The van der Waals surface area contributed by atoms with E-state index < -0.39 is 0 Å². The summed E-state index contributed by atoms with van der Waals surface area (Å²) in [5.74, 6) is 0.716. The van der Waals surface area contributed by atoms with Crippen molar-refractivity contribution in [1.82, 2.24) is 9.78 Å². The van der Waals surface area contributed by atoms with Crippen molar-refractivity contribution in [2.45, 2.75) is 12.3 Å². The average molecular weight is 363 g/mol. The molecule has 0 saturated carbocycles. The first-order valence-corrected chi connectivity index (χ1v) is 8.63. The maximum Gasteiger partial charge on any atom is 0.226 e. The first-order valence-electron chi connectivity index (χ1n) is 8.63. The normalized spacial score (nSPS) is 15.7. The first kappa shape index (κ1) is 17.0. The van der Waals surface area contributed by atoms with Gasteiger partial charge in [-0.15, -0.1) is 0 Å². The Morgan fingerprint density at radius 3 is 2.78 bits per heavy atom. The number of nitrogens with zero attached hydrogens (tertiary/aromatic N) is 2. The molecule has 2 heterocycles. The molecule has 1 aromatic heterocycles. The number of halogens is 1. The van der Waals surface area contributed by atoms with Crippen LogP contribution >= 0.6 is 0 Å². The van der Waals surface area contributed by atoms with Crippen LogP contribution in [0.3, 0.4) is 0 Å². The van der Waals surface area contributed by atoms with Gasteiger partial charge in [0.1, 0.15) is 24.0 Å². The maximum atomic E-state index is 13.2. The van der Waals surface area contributed by atoms with Gasteiger partial charge in [-0.05, 0) is 30.3 Å². The van der Waals surface area contributed by atoms with E-state index in [2.05, 4.69) is 17.0 Å². The lowest BCUT2D eigenvalue weighted by molar-refractivity contribution is -0.116. The van der Waals surface area contributed by atoms with E-state index in [9.17, 15) is 9.18 Å². The molecule has 5 nitrogen and oxygen atoms in total. The molecule has 0 bridgehead atoms. The predicted octanol–water partition coefficient (Wildman–Crippen LogP) is 4.05. The Hall–Kier alpha value is -3.41. The summed E-state index contributed by atoms with van der Waals surface area (Å²) < 4.78 is 20.6. The molecule has 4 rings (SSSR count). The molecule has 0 radical (unpaired) electrons. The number of aromatic nitrogens is 2. The lowest BCUT2D eigenvalue weighted by Crippen LogP contribution is -2.25. The Morgan fingerprint density at radius 1 is 1.22 bits per heavy atom. The highest BCUT2D eigenvalue weighted by molar-refractivity contribution is 5.94. The summed E-state index contributed by atoms with van der Waals surface area (Å²) in [5, 5.41) is 7.32. The Labute approximate surface area is 156 Å². The number of ether oxygens (including phenoxy) is 1. The van der Waals surface area contributed by atoms with Crippen molar-refractivity contribution < 1.29 is 13.9 Å². The zero-order valence-corrected chi connectivity index (χ0v) is 14.6. The van der Waals surface area contributed by atoms with E-state index in [1.165, 1.54) is 12.1 Å². The summed E-state index contributed by atoms with van der Waals surface area (Å²) in [6.45, 7) is 4.07. The molecule has 1 aliphatic rings. The number of carbonyl (C=O) groups excluding carboxylic acids is 1. The fourth-order valence-electron chi connectivity index (χ4n) is 3.32. The topological polar surface area (TPSA) is 56.1 Å². The van der Waals surface area contributed by atoms with Crippen LogP contribution in [0.5, 0.6) is 5.75 Å². The number of amides is 1. The number of nitrogens with one attached hydrogen (secondary N) is 1. The van der Waals surface area contributed by atoms with Crippen molar-refractivity contribution in [1.29, 1.82) is 0 Å². The van der Waals surface area contributed by atoms with Gasteiger partial charge in [0.15, 0.2) is 0 Å². The van der Waals surface area contributed by atoms with E-state index in [0.717, 1.165) is 16.9 Å². The van der Waals surface area contributed by atoms with Crippen LogP contribution in [0.25, 0.3) is 5.69 Å². The molecule has 2 aromatic carbocycles. The van der Waals surface area contributed by atoms with Crippen LogP contribution in [0.1, 0.15) is 23.5 Å². The molecule has 136 valence electrons. The Bertz CT molecular complexity index is 995. The predicted molar refractivity (Wildman–Crippen MR) is 101 cm³/mol. The molecule has 1 amide bonds. The van der Waals surface area contributed by atoms with Gasteiger partial charge in [-0.2, -0.15) is 5.10 Å². The number of fused-ring (bicyclic) bond motifs is 1. The number of rotatable bonds is 5. The summed E-state index contributed by atoms with van der Waals surface area (Å²) in [6, 6.07) is 13.6. The van der Waals surface area contributed by atoms with Crippen LogP contribution in [0.4, 0.5) is 10.2 Å². The third kappa shape index (κ3) is 3.21. The largest absolute Gasteiger partial charge is 0.489 e. The smallest absolute Gasteiger partial charge is 0.226 e. The maximum absolute atomic E-state index is 13.2. The lowest BCUT2D eigenvalue weighted by Gasteiger charge is -2.25. The highest BCUT2D eigenvalue weighted by Gasteiger charge is 2.32. The molecule has 1 atom stereocenters. The lowest BCUT2D eigenvalue weighted by atomic mass is 9.87. The molecule has 0 aliphatic carbocycles. The molecule has 27 heavy (non-hydrogen) atoms. The van der Waals surface area contributed by atoms with E-state index in [0.29, 0.717) is 24.5 Å². The number of para-hydroxylation sites is 1. The average Bonchev–Trinajstić information content (AvgIpc) is 3.10. The summed E-state index contributed by atoms with van der Waals surface area (Å²) in [5.41, 5.74) is 2.50. The minimum Gasteiger partial charge on any atom is -0.489 e. The summed E-state index contributed by atoms with van der Waals surface area (Å²) >= 11 is 0. The minimum atomic E-state index is -0.324. The van der Waals surface area contributed by atoms with Crippen molar-refractivity contribution in [3.63, 3.8) is 0 Å². The molecule has 6 heteroatoms. The van der Waals surface area contributed by atoms with E-state index in [4.69, 9.17) is 4.74 Å². The third-order valence-corrected chi connectivity index (χ3v) is 4.54. The van der Waals surface area contributed by atoms with Crippen LogP contribution in [0.15, 0.2) is 67.4 Å². The molecule has 0 fully saturated rings. The number of anilines is 1. The van der Waals surface area contributed by atoms with Gasteiger partial charge >= 0.3 is 0 Å². The summed E-state index contributed by atoms with van der Waals surface area (Å²) in [6.07, 6.45) is 3.73. The molecule has 0 saturated heterocycles. The second-order valence-corrected chi connectivity index (χ2v) is 6.28. The monoisotopic (exact) mass is 363 g/mol. The van der Waals surface area contributed by atoms with Crippen LogP contribution in [0, 0.1) is 5.82 Å². The van der Waals surface area contributed by atoms with Gasteiger partial charge in [-0.25, -0.2) is 9.07 Å². The third-order valence-electron chi connectivity index (χ3n) is 4.54. The molecule has 1 unspecified atom stereocenters. The highest BCUT2D eigenvalue weighted by atomic mass is 19.1.